The number of hydrogen-bond acceptors (Lipinski definition) is 3. The zero-order chi connectivity index (χ0) is 21.5. The Labute approximate surface area is 176 Å². The van der Waals surface area contributed by atoms with Gasteiger partial charge >= 0.3 is 6.03 Å². The molecule has 1 N–H and O–H groups in total. The summed E-state index contributed by atoms with van der Waals surface area (Å²) in [4.78, 5) is 16.9. The normalized spacial score (nSPS) is 17.2. The molecule has 1 fully saturated rings. The van der Waals surface area contributed by atoms with Crippen LogP contribution in [0.2, 0.25) is 0 Å². The number of urea groups is 1. The van der Waals surface area contributed by atoms with E-state index < -0.39 is 0 Å². The molecular weight excluding hydrogens is 388 g/mol. The van der Waals surface area contributed by atoms with Crippen LogP contribution in [0, 0.1) is 11.6 Å². The van der Waals surface area contributed by atoms with Crippen molar-refractivity contribution in [2.45, 2.75) is 31.5 Å². The molecule has 7 heteroatoms. The van der Waals surface area contributed by atoms with E-state index in [9.17, 15) is 13.6 Å². The fourth-order valence-electron chi connectivity index (χ4n) is 3.53. The zero-order valence-electron chi connectivity index (χ0n) is 17.5. The van der Waals surface area contributed by atoms with E-state index in [2.05, 4.69) is 5.32 Å². The quantitative estimate of drug-likeness (QED) is 0.707. The number of nitrogens with zero attached hydrogens (tertiary/aromatic N) is 2. The molecule has 0 radical (unpaired) electrons. The summed E-state index contributed by atoms with van der Waals surface area (Å²) >= 11 is 0. The molecule has 0 aromatic heterocycles. The van der Waals surface area contributed by atoms with Gasteiger partial charge in [-0.2, -0.15) is 0 Å². The number of hydrogen-bond donors (Lipinski definition) is 1. The van der Waals surface area contributed by atoms with E-state index in [0.717, 1.165) is 24.0 Å². The van der Waals surface area contributed by atoms with Gasteiger partial charge in [0.25, 0.3) is 0 Å². The fraction of sp³-hybridized carbons (Fsp3) is 0.435. The number of likely N-dealkylation sites (N-methyl/N-ethyl adjacent to an activating group) is 1. The van der Waals surface area contributed by atoms with Gasteiger partial charge in [0, 0.05) is 26.2 Å². The van der Waals surface area contributed by atoms with Gasteiger partial charge in [0.2, 0.25) is 0 Å². The highest BCUT2D eigenvalue weighted by molar-refractivity contribution is 5.75. The van der Waals surface area contributed by atoms with Crippen LogP contribution in [0.15, 0.2) is 48.5 Å². The third-order valence-corrected chi connectivity index (χ3v) is 5.24. The summed E-state index contributed by atoms with van der Waals surface area (Å²) in [5, 5.41) is 3.10. The van der Waals surface area contributed by atoms with Gasteiger partial charge in [-0.25, -0.2) is 13.6 Å². The van der Waals surface area contributed by atoms with Crippen LogP contribution >= 0.6 is 0 Å². The first-order chi connectivity index (χ1) is 14.4. The first-order valence-electron chi connectivity index (χ1n) is 10.2. The third kappa shape index (κ3) is 6.24. The highest BCUT2D eigenvalue weighted by Crippen LogP contribution is 2.27. The molecule has 0 aliphatic carbocycles. The van der Waals surface area contributed by atoms with E-state index in [1.807, 2.05) is 19.0 Å². The maximum Gasteiger partial charge on any atom is 0.318 e. The Balaban J connectivity index is 1.77. The molecular formula is C23H29F2N3O2. The summed E-state index contributed by atoms with van der Waals surface area (Å²) in [5.41, 5.74) is 1.66. The van der Waals surface area contributed by atoms with E-state index in [-0.39, 0.29) is 29.8 Å². The summed E-state index contributed by atoms with van der Waals surface area (Å²) in [6.45, 7) is 2.22. The zero-order valence-corrected chi connectivity index (χ0v) is 17.5. The largest absolute Gasteiger partial charge is 0.376 e. The Morgan fingerprint density at radius 3 is 2.27 bits per heavy atom. The lowest BCUT2D eigenvalue weighted by Gasteiger charge is -2.30. The molecule has 1 heterocycles. The molecule has 1 aliphatic rings. The van der Waals surface area contributed by atoms with Crippen LogP contribution in [0.4, 0.5) is 13.6 Å². The van der Waals surface area contributed by atoms with Crippen LogP contribution < -0.4 is 5.32 Å². The van der Waals surface area contributed by atoms with Crippen molar-refractivity contribution in [3.05, 3.63) is 71.3 Å². The van der Waals surface area contributed by atoms with Crippen molar-refractivity contribution < 1.29 is 18.3 Å². The molecule has 162 valence electrons. The first-order valence-corrected chi connectivity index (χ1v) is 10.2. The van der Waals surface area contributed by atoms with Crippen LogP contribution in [0.1, 0.15) is 30.0 Å². The molecule has 2 atom stereocenters. The van der Waals surface area contributed by atoms with Crippen LogP contribution in [-0.2, 0) is 11.3 Å². The molecule has 1 aliphatic heterocycles. The number of nitrogens with one attached hydrogen (secondary N) is 1. The van der Waals surface area contributed by atoms with Crippen LogP contribution in [-0.4, -0.2) is 55.7 Å². The van der Waals surface area contributed by atoms with Crippen molar-refractivity contribution in [3.8, 4) is 0 Å². The summed E-state index contributed by atoms with van der Waals surface area (Å²) in [6, 6.07) is 11.7. The van der Waals surface area contributed by atoms with Gasteiger partial charge in [-0.3, -0.25) is 0 Å². The SMILES string of the molecule is CN(C)CCN(Cc1ccc(F)cc1)C(=O)NC(c1ccc(F)cc1)C1CCCO1. The van der Waals surface area contributed by atoms with Gasteiger partial charge in [-0.1, -0.05) is 24.3 Å². The van der Waals surface area contributed by atoms with Crippen LogP contribution in [0.5, 0.6) is 0 Å². The monoisotopic (exact) mass is 417 g/mol. The molecule has 1 saturated heterocycles. The Hall–Kier alpha value is -2.51. The number of carbonyl (C=O) groups is 1. The lowest BCUT2D eigenvalue weighted by atomic mass is 9.99. The number of carbonyl (C=O) groups excluding carboxylic acids is 1. The molecule has 2 amide bonds. The highest BCUT2D eigenvalue weighted by Gasteiger charge is 2.30. The minimum Gasteiger partial charge on any atom is -0.376 e. The summed E-state index contributed by atoms with van der Waals surface area (Å²) in [5.74, 6) is -0.627. The molecule has 0 bridgehead atoms. The summed E-state index contributed by atoms with van der Waals surface area (Å²) in [6.07, 6.45) is 1.61. The van der Waals surface area contributed by atoms with E-state index in [1.54, 1.807) is 29.2 Å². The third-order valence-electron chi connectivity index (χ3n) is 5.24. The lowest BCUT2D eigenvalue weighted by Crippen LogP contribution is -2.46. The van der Waals surface area contributed by atoms with Crippen molar-refractivity contribution in [2.75, 3.05) is 33.8 Å². The second-order valence-corrected chi connectivity index (χ2v) is 7.88. The smallest absolute Gasteiger partial charge is 0.318 e. The average Bonchev–Trinajstić information content (AvgIpc) is 3.26. The van der Waals surface area contributed by atoms with E-state index >= 15 is 0 Å². The van der Waals surface area contributed by atoms with E-state index in [1.165, 1.54) is 24.3 Å². The minimum absolute atomic E-state index is 0.152. The van der Waals surface area contributed by atoms with Crippen molar-refractivity contribution in [1.29, 1.82) is 0 Å². The van der Waals surface area contributed by atoms with Crippen molar-refractivity contribution in [3.63, 3.8) is 0 Å². The fourth-order valence-corrected chi connectivity index (χ4v) is 3.53. The minimum atomic E-state index is -0.365. The molecule has 3 rings (SSSR count). The van der Waals surface area contributed by atoms with Gasteiger partial charge in [-0.05, 0) is 62.3 Å². The molecule has 2 aromatic rings. The average molecular weight is 418 g/mol. The molecule has 5 nitrogen and oxygen atoms in total. The number of amides is 2. The second kappa shape index (κ2) is 10.5. The van der Waals surface area contributed by atoms with E-state index in [4.69, 9.17) is 4.74 Å². The number of halogens is 2. The predicted molar refractivity (Wildman–Crippen MR) is 112 cm³/mol. The Morgan fingerprint density at radius 1 is 1.07 bits per heavy atom. The van der Waals surface area contributed by atoms with Crippen molar-refractivity contribution >= 4 is 6.03 Å². The first kappa shape index (κ1) is 22.2. The number of benzene rings is 2. The van der Waals surface area contributed by atoms with Gasteiger partial charge < -0.3 is 19.9 Å². The van der Waals surface area contributed by atoms with Gasteiger partial charge in [-0.15, -0.1) is 0 Å². The molecule has 0 saturated carbocycles. The van der Waals surface area contributed by atoms with Crippen molar-refractivity contribution in [2.24, 2.45) is 0 Å². The standard InChI is InChI=1S/C23H29F2N3O2/c1-27(2)13-14-28(16-17-5-9-19(24)10-6-17)23(29)26-22(21-4-3-15-30-21)18-7-11-20(25)12-8-18/h5-12,21-22H,3-4,13-16H2,1-2H3,(H,26,29). The topological polar surface area (TPSA) is 44.8 Å². The Kier molecular flexibility index (Phi) is 7.76. The molecule has 30 heavy (non-hydrogen) atoms. The van der Waals surface area contributed by atoms with Crippen molar-refractivity contribution in [1.82, 2.24) is 15.1 Å². The number of ether oxygens (including phenoxy) is 1. The molecule has 2 aromatic carbocycles. The molecule has 0 spiro atoms. The second-order valence-electron chi connectivity index (χ2n) is 7.88. The number of rotatable bonds is 8. The Morgan fingerprint density at radius 2 is 1.70 bits per heavy atom. The van der Waals surface area contributed by atoms with Gasteiger partial charge in [0.15, 0.2) is 0 Å². The highest BCUT2D eigenvalue weighted by atomic mass is 19.1. The maximum absolute atomic E-state index is 13.4. The summed E-state index contributed by atoms with van der Waals surface area (Å²) in [7, 11) is 3.89. The lowest BCUT2D eigenvalue weighted by molar-refractivity contribution is 0.0775. The Bertz CT molecular complexity index is 806. The van der Waals surface area contributed by atoms with Crippen LogP contribution in [0.25, 0.3) is 0 Å². The maximum atomic E-state index is 13.4. The van der Waals surface area contributed by atoms with E-state index in [0.29, 0.717) is 26.2 Å². The molecule has 2 unspecified atom stereocenters. The summed E-state index contributed by atoms with van der Waals surface area (Å²) < 4.78 is 32.5. The van der Waals surface area contributed by atoms with Gasteiger partial charge in [0.1, 0.15) is 11.6 Å². The van der Waals surface area contributed by atoms with Gasteiger partial charge in [0.05, 0.1) is 12.1 Å². The predicted octanol–water partition coefficient (Wildman–Crippen LogP) is 3.96. The van der Waals surface area contributed by atoms with Crippen LogP contribution in [0.3, 0.4) is 0 Å².